The molecule has 11 heteroatoms. The Bertz CT molecular complexity index is 986. The van der Waals surface area contributed by atoms with Gasteiger partial charge in [-0.3, -0.25) is 0 Å². The van der Waals surface area contributed by atoms with Crippen LogP contribution in [0.15, 0.2) is 54.7 Å². The highest BCUT2D eigenvalue weighted by Gasteiger charge is 2.06. The van der Waals surface area contributed by atoms with E-state index in [1.807, 2.05) is 19.1 Å². The summed E-state index contributed by atoms with van der Waals surface area (Å²) in [4.78, 5) is 16.2. The number of rotatable bonds is 9. The number of ether oxygens (including phenoxy) is 1. The van der Waals surface area contributed by atoms with Gasteiger partial charge in [0.1, 0.15) is 17.4 Å². The molecule has 31 heavy (non-hydrogen) atoms. The van der Waals surface area contributed by atoms with E-state index in [9.17, 15) is 13.6 Å². The van der Waals surface area contributed by atoms with Gasteiger partial charge in [0.15, 0.2) is 5.82 Å². The van der Waals surface area contributed by atoms with Crippen LogP contribution in [0.25, 0.3) is 0 Å². The summed E-state index contributed by atoms with van der Waals surface area (Å²) in [5.41, 5.74) is 1.40. The number of hydrogen-bond acceptors (Lipinski definition) is 7. The summed E-state index contributed by atoms with van der Waals surface area (Å²) in [7, 11) is 0. The number of halogens is 2. The van der Waals surface area contributed by atoms with E-state index < -0.39 is 12.6 Å². The van der Waals surface area contributed by atoms with E-state index in [2.05, 4.69) is 41.2 Å². The van der Waals surface area contributed by atoms with Crippen LogP contribution in [0.3, 0.4) is 0 Å². The van der Waals surface area contributed by atoms with Crippen molar-refractivity contribution in [2.24, 2.45) is 0 Å². The van der Waals surface area contributed by atoms with E-state index in [0.717, 1.165) is 5.56 Å². The molecule has 2 amide bonds. The number of benzene rings is 1. The van der Waals surface area contributed by atoms with Crippen LogP contribution in [-0.4, -0.2) is 40.9 Å². The fourth-order valence-corrected chi connectivity index (χ4v) is 2.46. The Hall–Kier alpha value is -4.02. The van der Waals surface area contributed by atoms with Gasteiger partial charge in [-0.05, 0) is 42.8 Å². The summed E-state index contributed by atoms with van der Waals surface area (Å²) < 4.78 is 28.8. The van der Waals surface area contributed by atoms with Gasteiger partial charge in [0.05, 0.1) is 0 Å². The van der Waals surface area contributed by atoms with Gasteiger partial charge < -0.3 is 26.0 Å². The van der Waals surface area contributed by atoms with Gasteiger partial charge in [0, 0.05) is 31.0 Å². The molecule has 1 aromatic carbocycles. The van der Waals surface area contributed by atoms with Crippen molar-refractivity contribution in [2.45, 2.75) is 13.5 Å². The van der Waals surface area contributed by atoms with Crippen molar-refractivity contribution in [3.05, 3.63) is 60.3 Å². The molecule has 4 N–H and O–H groups in total. The van der Waals surface area contributed by atoms with Crippen LogP contribution in [0, 0.1) is 6.92 Å². The van der Waals surface area contributed by atoms with Crippen molar-refractivity contribution < 1.29 is 18.3 Å². The molecule has 0 saturated carbocycles. The van der Waals surface area contributed by atoms with Crippen LogP contribution in [0.2, 0.25) is 0 Å². The fourth-order valence-electron chi connectivity index (χ4n) is 2.46. The minimum Gasteiger partial charge on any atom is -0.435 e. The van der Waals surface area contributed by atoms with Crippen LogP contribution in [0.1, 0.15) is 5.56 Å². The Labute approximate surface area is 177 Å². The zero-order valence-electron chi connectivity index (χ0n) is 16.6. The summed E-state index contributed by atoms with van der Waals surface area (Å²) in [6, 6.07) is 12.6. The number of carbonyl (C=O) groups excluding carboxylic acids is 1. The number of amides is 2. The largest absolute Gasteiger partial charge is 0.435 e. The first kappa shape index (κ1) is 21.7. The first-order valence-corrected chi connectivity index (χ1v) is 9.35. The van der Waals surface area contributed by atoms with Crippen molar-refractivity contribution in [3.63, 3.8) is 0 Å². The molecular formula is C20H21F2N7O2. The highest BCUT2D eigenvalue weighted by atomic mass is 19.3. The number of pyridine rings is 1. The third kappa shape index (κ3) is 7.38. The Balaban J connectivity index is 1.38. The molecule has 0 saturated heterocycles. The summed E-state index contributed by atoms with van der Waals surface area (Å²) >= 11 is 0. The number of aromatic nitrogens is 3. The monoisotopic (exact) mass is 429 g/mol. The topological polar surface area (TPSA) is 113 Å². The van der Waals surface area contributed by atoms with E-state index in [1.165, 1.54) is 18.2 Å². The predicted molar refractivity (Wildman–Crippen MR) is 113 cm³/mol. The molecule has 162 valence electrons. The Morgan fingerprint density at radius 1 is 1.03 bits per heavy atom. The highest BCUT2D eigenvalue weighted by molar-refractivity contribution is 5.89. The van der Waals surface area contributed by atoms with Crippen LogP contribution in [-0.2, 0) is 0 Å². The van der Waals surface area contributed by atoms with E-state index in [-0.39, 0.29) is 5.75 Å². The van der Waals surface area contributed by atoms with Crippen molar-refractivity contribution in [1.82, 2.24) is 20.5 Å². The number of alkyl halides is 2. The maximum absolute atomic E-state index is 12.2. The first-order chi connectivity index (χ1) is 15.0. The average Bonchev–Trinajstić information content (AvgIpc) is 2.74. The summed E-state index contributed by atoms with van der Waals surface area (Å²) in [5.74, 6) is 1.73. The van der Waals surface area contributed by atoms with Gasteiger partial charge in [-0.15, -0.1) is 10.2 Å². The van der Waals surface area contributed by atoms with Crippen LogP contribution in [0.5, 0.6) is 5.75 Å². The third-order valence-corrected chi connectivity index (χ3v) is 3.87. The van der Waals surface area contributed by atoms with Gasteiger partial charge >= 0.3 is 12.6 Å². The lowest BCUT2D eigenvalue weighted by molar-refractivity contribution is -0.0497. The standard InChI is InChI=1S/C20H21F2N7O2/c1-13-5-6-16(25-12-13)27-18-8-7-17(28-29-18)23-9-10-24-20(30)26-14-3-2-4-15(11-14)31-19(21)22/h2-8,11-12,19H,9-10H2,1H3,(H,23,28)(H2,24,26,30)(H,25,27,29). The molecular weight excluding hydrogens is 408 g/mol. The SMILES string of the molecule is Cc1ccc(Nc2ccc(NCCNC(=O)Nc3cccc(OC(F)F)c3)nn2)nc1. The molecule has 0 spiro atoms. The predicted octanol–water partition coefficient (Wildman–Crippen LogP) is 3.76. The maximum atomic E-state index is 12.2. The molecule has 0 fully saturated rings. The van der Waals surface area contributed by atoms with Gasteiger partial charge in [0.2, 0.25) is 0 Å². The van der Waals surface area contributed by atoms with Gasteiger partial charge in [0.25, 0.3) is 0 Å². The lowest BCUT2D eigenvalue weighted by Gasteiger charge is -2.10. The molecule has 3 aromatic rings. The molecule has 0 aliphatic heterocycles. The normalized spacial score (nSPS) is 10.5. The second-order valence-electron chi connectivity index (χ2n) is 6.36. The number of anilines is 4. The van der Waals surface area contributed by atoms with E-state index in [4.69, 9.17) is 0 Å². The second kappa shape index (κ2) is 10.7. The van der Waals surface area contributed by atoms with Crippen molar-refractivity contribution in [2.75, 3.05) is 29.0 Å². The van der Waals surface area contributed by atoms with Crippen LogP contribution >= 0.6 is 0 Å². The summed E-state index contributed by atoms with van der Waals surface area (Å²) in [6.07, 6.45) is 1.75. The minimum atomic E-state index is -2.93. The maximum Gasteiger partial charge on any atom is 0.387 e. The molecule has 9 nitrogen and oxygen atoms in total. The number of nitrogens with one attached hydrogen (secondary N) is 4. The zero-order chi connectivity index (χ0) is 22.1. The smallest absolute Gasteiger partial charge is 0.387 e. The Kier molecular flexibility index (Phi) is 7.46. The van der Waals surface area contributed by atoms with Crippen LogP contribution < -0.4 is 26.0 Å². The van der Waals surface area contributed by atoms with Gasteiger partial charge in [-0.1, -0.05) is 12.1 Å². The minimum absolute atomic E-state index is 0.0378. The number of aryl methyl sites for hydroxylation is 1. The lowest BCUT2D eigenvalue weighted by Crippen LogP contribution is -2.32. The molecule has 0 radical (unpaired) electrons. The number of nitrogens with zero attached hydrogens (tertiary/aromatic N) is 3. The van der Waals surface area contributed by atoms with Gasteiger partial charge in [-0.25, -0.2) is 9.78 Å². The molecule has 2 heterocycles. The number of hydrogen-bond donors (Lipinski definition) is 4. The fraction of sp³-hybridized carbons (Fsp3) is 0.200. The Morgan fingerprint density at radius 2 is 1.81 bits per heavy atom. The van der Waals surface area contributed by atoms with E-state index >= 15 is 0 Å². The second-order valence-corrected chi connectivity index (χ2v) is 6.36. The third-order valence-electron chi connectivity index (χ3n) is 3.87. The molecule has 0 aliphatic rings. The average molecular weight is 429 g/mol. The van der Waals surface area contributed by atoms with Crippen LogP contribution in [0.4, 0.5) is 36.7 Å². The van der Waals surface area contributed by atoms with Crippen molar-refractivity contribution >= 4 is 29.2 Å². The molecule has 0 bridgehead atoms. The lowest BCUT2D eigenvalue weighted by atomic mass is 10.3. The van der Waals surface area contributed by atoms with Gasteiger partial charge in [-0.2, -0.15) is 8.78 Å². The molecule has 0 aliphatic carbocycles. The Morgan fingerprint density at radius 3 is 2.52 bits per heavy atom. The zero-order valence-corrected chi connectivity index (χ0v) is 16.6. The molecule has 0 atom stereocenters. The highest BCUT2D eigenvalue weighted by Crippen LogP contribution is 2.19. The van der Waals surface area contributed by atoms with Crippen molar-refractivity contribution in [3.8, 4) is 5.75 Å². The summed E-state index contributed by atoms with van der Waals surface area (Å²) in [6.45, 7) is -0.266. The van der Waals surface area contributed by atoms with E-state index in [0.29, 0.717) is 36.2 Å². The first-order valence-electron chi connectivity index (χ1n) is 9.35. The van der Waals surface area contributed by atoms with Crippen molar-refractivity contribution in [1.29, 1.82) is 0 Å². The molecule has 3 rings (SSSR count). The molecule has 2 aromatic heterocycles. The van der Waals surface area contributed by atoms with E-state index in [1.54, 1.807) is 24.4 Å². The number of carbonyl (C=O) groups is 1. The summed E-state index contributed by atoms with van der Waals surface area (Å²) in [5, 5.41) is 19.4. The quantitative estimate of drug-likeness (QED) is 0.383. The molecule has 0 unspecified atom stereocenters. The number of urea groups is 1.